The quantitative estimate of drug-likeness (QED) is 0.637. The third-order valence-corrected chi connectivity index (χ3v) is 2.07. The lowest BCUT2D eigenvalue weighted by Gasteiger charge is -2.13. The SMILES string of the molecule is Cc1cc(C)c(O)c([C@H](N)CO)c1. The molecule has 0 aliphatic heterocycles. The van der Waals surface area contributed by atoms with E-state index in [0.717, 1.165) is 11.1 Å². The van der Waals surface area contributed by atoms with E-state index in [1.165, 1.54) is 0 Å². The van der Waals surface area contributed by atoms with Crippen LogP contribution in [-0.2, 0) is 0 Å². The van der Waals surface area contributed by atoms with Gasteiger partial charge in [-0.2, -0.15) is 0 Å². The van der Waals surface area contributed by atoms with Crippen LogP contribution in [0, 0.1) is 13.8 Å². The Morgan fingerprint density at radius 2 is 2.00 bits per heavy atom. The second kappa shape index (κ2) is 3.77. The van der Waals surface area contributed by atoms with Crippen LogP contribution in [0.1, 0.15) is 22.7 Å². The van der Waals surface area contributed by atoms with Crippen molar-refractivity contribution in [1.82, 2.24) is 0 Å². The minimum absolute atomic E-state index is 0.156. The molecule has 0 saturated carbocycles. The molecule has 0 aromatic heterocycles. The lowest BCUT2D eigenvalue weighted by Crippen LogP contribution is -2.15. The van der Waals surface area contributed by atoms with E-state index in [1.807, 2.05) is 19.9 Å². The Kier molecular flexibility index (Phi) is 2.90. The molecule has 1 atom stereocenters. The fourth-order valence-electron chi connectivity index (χ4n) is 1.37. The first-order valence-electron chi connectivity index (χ1n) is 4.22. The molecule has 13 heavy (non-hydrogen) atoms. The second-order valence-electron chi connectivity index (χ2n) is 3.31. The summed E-state index contributed by atoms with van der Waals surface area (Å²) in [6.45, 7) is 3.59. The van der Waals surface area contributed by atoms with Gasteiger partial charge in [0.1, 0.15) is 5.75 Å². The van der Waals surface area contributed by atoms with Gasteiger partial charge in [-0.25, -0.2) is 0 Å². The highest BCUT2D eigenvalue weighted by Gasteiger charge is 2.11. The maximum Gasteiger partial charge on any atom is 0.123 e. The Bertz CT molecular complexity index is 310. The largest absolute Gasteiger partial charge is 0.507 e. The normalized spacial score (nSPS) is 12.9. The minimum Gasteiger partial charge on any atom is -0.507 e. The lowest BCUT2D eigenvalue weighted by molar-refractivity contribution is 0.265. The summed E-state index contributed by atoms with van der Waals surface area (Å²) in [6.07, 6.45) is 0. The predicted octanol–water partition coefficient (Wildman–Crippen LogP) is 1.00. The van der Waals surface area contributed by atoms with Crippen molar-refractivity contribution < 1.29 is 10.2 Å². The minimum atomic E-state index is -0.501. The molecule has 3 heteroatoms. The van der Waals surface area contributed by atoms with Gasteiger partial charge in [-0.15, -0.1) is 0 Å². The molecule has 0 saturated heterocycles. The van der Waals surface area contributed by atoms with Gasteiger partial charge < -0.3 is 15.9 Å². The van der Waals surface area contributed by atoms with Gasteiger partial charge >= 0.3 is 0 Å². The Morgan fingerprint density at radius 1 is 1.38 bits per heavy atom. The van der Waals surface area contributed by atoms with Gasteiger partial charge in [0.2, 0.25) is 0 Å². The number of hydrogen-bond donors (Lipinski definition) is 3. The Hall–Kier alpha value is -1.06. The van der Waals surface area contributed by atoms with Crippen LogP contribution >= 0.6 is 0 Å². The Morgan fingerprint density at radius 3 is 2.54 bits per heavy atom. The molecule has 0 heterocycles. The van der Waals surface area contributed by atoms with Crippen LogP contribution in [0.3, 0.4) is 0 Å². The van der Waals surface area contributed by atoms with Crippen LogP contribution in [0.25, 0.3) is 0 Å². The fraction of sp³-hybridized carbons (Fsp3) is 0.400. The summed E-state index contributed by atoms with van der Waals surface area (Å²) >= 11 is 0. The predicted molar refractivity (Wildman–Crippen MR) is 51.6 cm³/mol. The summed E-state index contributed by atoms with van der Waals surface area (Å²) in [5, 5.41) is 18.5. The summed E-state index contributed by atoms with van der Waals surface area (Å²) in [5.41, 5.74) is 8.06. The molecule has 0 radical (unpaired) electrons. The summed E-state index contributed by atoms with van der Waals surface area (Å²) < 4.78 is 0. The van der Waals surface area contributed by atoms with Crippen LogP contribution < -0.4 is 5.73 Å². The monoisotopic (exact) mass is 181 g/mol. The molecule has 1 aromatic carbocycles. The van der Waals surface area contributed by atoms with Crippen molar-refractivity contribution in [3.8, 4) is 5.75 Å². The van der Waals surface area contributed by atoms with Crippen LogP contribution in [0.4, 0.5) is 0 Å². The molecule has 0 spiro atoms. The summed E-state index contributed by atoms with van der Waals surface area (Å²) in [7, 11) is 0. The highest BCUT2D eigenvalue weighted by molar-refractivity contribution is 5.44. The number of hydrogen-bond acceptors (Lipinski definition) is 3. The smallest absolute Gasteiger partial charge is 0.123 e. The highest BCUT2D eigenvalue weighted by atomic mass is 16.3. The average Bonchev–Trinajstić information content (AvgIpc) is 2.10. The molecule has 0 aliphatic rings. The van der Waals surface area contributed by atoms with Crippen LogP contribution in [0.2, 0.25) is 0 Å². The van der Waals surface area contributed by atoms with Crippen molar-refractivity contribution in [3.05, 3.63) is 28.8 Å². The third kappa shape index (κ3) is 1.99. The number of phenolic OH excluding ortho intramolecular Hbond substituents is 1. The first-order valence-corrected chi connectivity index (χ1v) is 4.22. The molecular formula is C10H15NO2. The maximum absolute atomic E-state index is 9.63. The standard InChI is InChI=1S/C10H15NO2/c1-6-3-7(2)10(13)8(4-6)9(11)5-12/h3-4,9,12-13H,5,11H2,1-2H3/t9-/m1/s1. The number of phenols is 1. The maximum atomic E-state index is 9.63. The fourth-order valence-corrected chi connectivity index (χ4v) is 1.37. The summed E-state index contributed by atoms with van der Waals surface area (Å²) in [4.78, 5) is 0. The van der Waals surface area contributed by atoms with Crippen molar-refractivity contribution in [3.63, 3.8) is 0 Å². The number of aliphatic hydroxyl groups is 1. The Balaban J connectivity index is 3.20. The zero-order valence-electron chi connectivity index (χ0n) is 7.91. The molecule has 4 N–H and O–H groups in total. The molecule has 72 valence electrons. The van der Waals surface area contributed by atoms with Crippen LogP contribution in [-0.4, -0.2) is 16.8 Å². The van der Waals surface area contributed by atoms with E-state index in [2.05, 4.69) is 0 Å². The number of aliphatic hydroxyl groups excluding tert-OH is 1. The highest BCUT2D eigenvalue weighted by Crippen LogP contribution is 2.27. The van der Waals surface area contributed by atoms with Crippen LogP contribution in [0.15, 0.2) is 12.1 Å². The van der Waals surface area contributed by atoms with Crippen LogP contribution in [0.5, 0.6) is 5.75 Å². The van der Waals surface area contributed by atoms with Gasteiger partial charge in [0.15, 0.2) is 0 Å². The van der Waals surface area contributed by atoms with Crippen molar-refractivity contribution in [2.45, 2.75) is 19.9 Å². The van der Waals surface area contributed by atoms with E-state index in [0.29, 0.717) is 5.56 Å². The number of aryl methyl sites for hydroxylation is 2. The van der Waals surface area contributed by atoms with Gasteiger partial charge in [-0.1, -0.05) is 17.7 Å². The molecular weight excluding hydrogens is 166 g/mol. The molecule has 0 unspecified atom stereocenters. The van der Waals surface area contributed by atoms with E-state index < -0.39 is 6.04 Å². The average molecular weight is 181 g/mol. The first kappa shape index (κ1) is 10.0. The number of aromatic hydroxyl groups is 1. The van der Waals surface area contributed by atoms with E-state index >= 15 is 0 Å². The lowest BCUT2D eigenvalue weighted by atomic mass is 10.0. The molecule has 0 aliphatic carbocycles. The van der Waals surface area contributed by atoms with E-state index in [-0.39, 0.29) is 12.4 Å². The molecule has 0 bridgehead atoms. The first-order chi connectivity index (χ1) is 6.06. The Labute approximate surface area is 77.8 Å². The molecule has 0 fully saturated rings. The molecule has 1 aromatic rings. The molecule has 3 nitrogen and oxygen atoms in total. The molecule has 1 rings (SSSR count). The topological polar surface area (TPSA) is 66.5 Å². The van der Waals surface area contributed by atoms with Crippen molar-refractivity contribution in [2.24, 2.45) is 5.73 Å². The van der Waals surface area contributed by atoms with E-state index in [4.69, 9.17) is 10.8 Å². The van der Waals surface area contributed by atoms with Crippen molar-refractivity contribution >= 4 is 0 Å². The summed E-state index contributed by atoms with van der Waals surface area (Å²) in [5.74, 6) is 0.187. The third-order valence-electron chi connectivity index (χ3n) is 2.07. The molecule has 0 amide bonds. The number of rotatable bonds is 2. The van der Waals surface area contributed by atoms with Gasteiger partial charge in [-0.3, -0.25) is 0 Å². The van der Waals surface area contributed by atoms with Gasteiger partial charge in [0.25, 0.3) is 0 Å². The van der Waals surface area contributed by atoms with Crippen molar-refractivity contribution in [1.29, 1.82) is 0 Å². The van der Waals surface area contributed by atoms with Crippen molar-refractivity contribution in [2.75, 3.05) is 6.61 Å². The van der Waals surface area contributed by atoms with E-state index in [9.17, 15) is 5.11 Å². The zero-order chi connectivity index (χ0) is 10.0. The van der Waals surface area contributed by atoms with Gasteiger partial charge in [-0.05, 0) is 19.4 Å². The number of benzene rings is 1. The van der Waals surface area contributed by atoms with Gasteiger partial charge in [0, 0.05) is 5.56 Å². The zero-order valence-corrected chi connectivity index (χ0v) is 7.91. The summed E-state index contributed by atoms with van der Waals surface area (Å²) in [6, 6.07) is 3.17. The second-order valence-corrected chi connectivity index (χ2v) is 3.31. The van der Waals surface area contributed by atoms with E-state index in [1.54, 1.807) is 6.07 Å². The van der Waals surface area contributed by atoms with Gasteiger partial charge in [0.05, 0.1) is 12.6 Å². The number of nitrogens with two attached hydrogens (primary N) is 1.